The Labute approximate surface area is 141 Å². The fourth-order valence-electron chi connectivity index (χ4n) is 2.10. The molecule has 1 N–H and O–H groups in total. The van der Waals surface area contributed by atoms with E-state index in [2.05, 4.69) is 81.7 Å². The average molecular weight is 446 g/mol. The van der Waals surface area contributed by atoms with E-state index in [4.69, 9.17) is 4.98 Å². The third kappa shape index (κ3) is 2.98. The van der Waals surface area contributed by atoms with E-state index in [1.54, 1.807) is 0 Å². The van der Waals surface area contributed by atoms with Crippen LogP contribution < -0.4 is 5.32 Å². The van der Waals surface area contributed by atoms with Crippen LogP contribution in [0.5, 0.6) is 0 Å². The summed E-state index contributed by atoms with van der Waals surface area (Å²) in [5.41, 5.74) is 4.54. The maximum absolute atomic E-state index is 4.71. The van der Waals surface area contributed by atoms with Gasteiger partial charge in [0.25, 0.3) is 0 Å². The van der Waals surface area contributed by atoms with Crippen LogP contribution in [0.1, 0.15) is 23.7 Å². The van der Waals surface area contributed by atoms with Crippen molar-refractivity contribution in [1.82, 2.24) is 9.97 Å². The van der Waals surface area contributed by atoms with E-state index >= 15 is 0 Å². The molecular formula is C15H17BrIN3. The fraction of sp³-hybridized carbons (Fsp3) is 0.333. The highest BCUT2D eigenvalue weighted by atomic mass is 127. The Hall–Kier alpha value is -0.690. The van der Waals surface area contributed by atoms with Gasteiger partial charge in [0, 0.05) is 17.1 Å². The van der Waals surface area contributed by atoms with Gasteiger partial charge in [-0.15, -0.1) is 0 Å². The van der Waals surface area contributed by atoms with Crippen LogP contribution >= 0.6 is 38.5 Å². The second kappa shape index (κ2) is 6.39. The molecule has 0 radical (unpaired) electrons. The van der Waals surface area contributed by atoms with Crippen LogP contribution in [0.25, 0.3) is 11.4 Å². The quantitative estimate of drug-likeness (QED) is 0.694. The van der Waals surface area contributed by atoms with Gasteiger partial charge in [-0.3, -0.25) is 0 Å². The van der Waals surface area contributed by atoms with Crippen molar-refractivity contribution in [2.75, 3.05) is 12.4 Å². The van der Waals surface area contributed by atoms with Gasteiger partial charge in [-0.05, 0) is 66.1 Å². The minimum atomic E-state index is 0.783. The number of aromatic nitrogens is 2. The van der Waals surface area contributed by atoms with Crippen molar-refractivity contribution in [2.45, 2.75) is 27.2 Å². The minimum absolute atomic E-state index is 0.783. The third-order valence-corrected chi connectivity index (χ3v) is 5.57. The van der Waals surface area contributed by atoms with Gasteiger partial charge in [0.05, 0.1) is 9.26 Å². The molecular weight excluding hydrogens is 429 g/mol. The van der Waals surface area contributed by atoms with Crippen molar-refractivity contribution in [3.63, 3.8) is 0 Å². The molecule has 0 aliphatic rings. The van der Waals surface area contributed by atoms with Gasteiger partial charge in [-0.25, -0.2) is 9.97 Å². The normalized spacial score (nSPS) is 10.7. The zero-order valence-electron chi connectivity index (χ0n) is 12.0. The molecule has 3 nitrogen and oxygen atoms in total. The monoisotopic (exact) mass is 445 g/mol. The zero-order valence-corrected chi connectivity index (χ0v) is 15.8. The Balaban J connectivity index is 2.63. The first-order valence-electron chi connectivity index (χ1n) is 6.49. The van der Waals surface area contributed by atoms with Crippen LogP contribution in [0.15, 0.2) is 16.6 Å². The third-order valence-electron chi connectivity index (χ3n) is 3.19. The van der Waals surface area contributed by atoms with Gasteiger partial charge >= 0.3 is 0 Å². The van der Waals surface area contributed by atoms with Crippen LogP contribution in [-0.2, 0) is 6.42 Å². The number of anilines is 1. The standard InChI is InChI=1S/C15H17BrIN3/c1-5-11-13(17)15(18-4)20-14(19-11)10-6-8(2)12(16)9(3)7-10/h6-7H,5H2,1-4H3,(H,18,19,20). The molecule has 2 aromatic rings. The van der Waals surface area contributed by atoms with Gasteiger partial charge in [0.1, 0.15) is 5.82 Å². The summed E-state index contributed by atoms with van der Waals surface area (Å²) in [6.45, 7) is 6.30. The van der Waals surface area contributed by atoms with E-state index in [1.807, 2.05) is 7.05 Å². The Kier molecular flexibility index (Phi) is 5.01. The van der Waals surface area contributed by atoms with Crippen molar-refractivity contribution >= 4 is 44.3 Å². The topological polar surface area (TPSA) is 37.8 Å². The summed E-state index contributed by atoms with van der Waals surface area (Å²) in [6.07, 6.45) is 0.900. The fourth-order valence-corrected chi connectivity index (χ4v) is 3.22. The number of rotatable bonds is 3. The predicted molar refractivity (Wildman–Crippen MR) is 96.3 cm³/mol. The van der Waals surface area contributed by atoms with Crippen molar-refractivity contribution in [1.29, 1.82) is 0 Å². The van der Waals surface area contributed by atoms with Crippen LogP contribution in [0.3, 0.4) is 0 Å². The molecule has 2 rings (SSSR count). The molecule has 106 valence electrons. The highest BCUT2D eigenvalue weighted by molar-refractivity contribution is 14.1. The Morgan fingerprint density at radius 1 is 1.20 bits per heavy atom. The number of hydrogen-bond acceptors (Lipinski definition) is 3. The summed E-state index contributed by atoms with van der Waals surface area (Å²) in [7, 11) is 1.89. The summed E-state index contributed by atoms with van der Waals surface area (Å²) in [5.74, 6) is 1.68. The first-order chi connectivity index (χ1) is 9.47. The minimum Gasteiger partial charge on any atom is -0.372 e. The van der Waals surface area contributed by atoms with Gasteiger partial charge in [-0.1, -0.05) is 22.9 Å². The lowest BCUT2D eigenvalue weighted by Crippen LogP contribution is -2.05. The number of hydrogen-bond donors (Lipinski definition) is 1. The average Bonchev–Trinajstić information content (AvgIpc) is 2.44. The Morgan fingerprint density at radius 3 is 2.30 bits per heavy atom. The predicted octanol–water partition coefficient (Wildman–Crippen LogP) is 4.73. The summed E-state index contributed by atoms with van der Waals surface area (Å²) in [6, 6.07) is 4.25. The Bertz CT molecular complexity index is 608. The number of aryl methyl sites for hydroxylation is 3. The lowest BCUT2D eigenvalue weighted by atomic mass is 10.1. The smallest absolute Gasteiger partial charge is 0.161 e. The molecule has 1 heterocycles. The molecule has 0 fully saturated rings. The molecule has 0 unspecified atom stereocenters. The number of halogens is 2. The second-order valence-electron chi connectivity index (χ2n) is 4.68. The van der Waals surface area contributed by atoms with Gasteiger partial charge < -0.3 is 5.32 Å². The van der Waals surface area contributed by atoms with E-state index in [0.29, 0.717) is 0 Å². The molecule has 0 saturated heterocycles. The molecule has 0 bridgehead atoms. The lowest BCUT2D eigenvalue weighted by molar-refractivity contribution is 0.989. The lowest BCUT2D eigenvalue weighted by Gasteiger charge is -2.12. The van der Waals surface area contributed by atoms with Crippen molar-refractivity contribution in [2.24, 2.45) is 0 Å². The van der Waals surface area contributed by atoms with Crippen molar-refractivity contribution in [3.05, 3.63) is 37.0 Å². The second-order valence-corrected chi connectivity index (χ2v) is 6.56. The molecule has 0 amide bonds. The molecule has 0 spiro atoms. The van der Waals surface area contributed by atoms with Gasteiger partial charge in [0.15, 0.2) is 5.82 Å². The first-order valence-corrected chi connectivity index (χ1v) is 8.36. The SMILES string of the molecule is CCc1nc(-c2cc(C)c(Br)c(C)c2)nc(NC)c1I. The highest BCUT2D eigenvalue weighted by Gasteiger charge is 2.13. The largest absolute Gasteiger partial charge is 0.372 e. The summed E-state index contributed by atoms with van der Waals surface area (Å²) < 4.78 is 2.25. The van der Waals surface area contributed by atoms with E-state index in [1.165, 1.54) is 11.1 Å². The molecule has 20 heavy (non-hydrogen) atoms. The molecule has 0 aliphatic heterocycles. The highest BCUT2D eigenvalue weighted by Crippen LogP contribution is 2.29. The van der Waals surface area contributed by atoms with Crippen LogP contribution in [0.4, 0.5) is 5.82 Å². The van der Waals surface area contributed by atoms with Crippen molar-refractivity contribution < 1.29 is 0 Å². The zero-order chi connectivity index (χ0) is 14.9. The van der Waals surface area contributed by atoms with E-state index < -0.39 is 0 Å². The van der Waals surface area contributed by atoms with Gasteiger partial charge in [0.2, 0.25) is 0 Å². The summed E-state index contributed by atoms with van der Waals surface area (Å²) in [4.78, 5) is 9.34. The molecule has 1 aromatic carbocycles. The molecule has 1 aromatic heterocycles. The van der Waals surface area contributed by atoms with E-state index in [-0.39, 0.29) is 0 Å². The number of benzene rings is 1. The Morgan fingerprint density at radius 2 is 1.80 bits per heavy atom. The summed E-state index contributed by atoms with van der Waals surface area (Å²) in [5, 5.41) is 3.15. The maximum atomic E-state index is 4.71. The van der Waals surface area contributed by atoms with E-state index in [0.717, 1.165) is 37.4 Å². The molecule has 0 saturated carbocycles. The number of nitrogens with zero attached hydrogens (tertiary/aromatic N) is 2. The van der Waals surface area contributed by atoms with Crippen LogP contribution in [-0.4, -0.2) is 17.0 Å². The maximum Gasteiger partial charge on any atom is 0.161 e. The first kappa shape index (κ1) is 15.7. The van der Waals surface area contributed by atoms with Crippen LogP contribution in [0, 0.1) is 17.4 Å². The van der Waals surface area contributed by atoms with Crippen molar-refractivity contribution in [3.8, 4) is 11.4 Å². The molecule has 0 atom stereocenters. The molecule has 5 heteroatoms. The van der Waals surface area contributed by atoms with Crippen LogP contribution in [0.2, 0.25) is 0 Å². The number of nitrogens with one attached hydrogen (secondary N) is 1. The summed E-state index contributed by atoms with van der Waals surface area (Å²) >= 11 is 5.90. The van der Waals surface area contributed by atoms with E-state index in [9.17, 15) is 0 Å². The van der Waals surface area contributed by atoms with Gasteiger partial charge in [-0.2, -0.15) is 0 Å². The molecule has 0 aliphatic carbocycles.